The summed E-state index contributed by atoms with van der Waals surface area (Å²) in [6, 6.07) is 7.90. The number of aromatic nitrogens is 2. The van der Waals surface area contributed by atoms with E-state index >= 15 is 0 Å². The Morgan fingerprint density at radius 1 is 1.39 bits per heavy atom. The van der Waals surface area contributed by atoms with Gasteiger partial charge in [-0.05, 0) is 24.5 Å². The van der Waals surface area contributed by atoms with Gasteiger partial charge in [0.2, 0.25) is 5.13 Å². The minimum absolute atomic E-state index is 0.250. The van der Waals surface area contributed by atoms with E-state index in [1.165, 1.54) is 22.5 Å². The van der Waals surface area contributed by atoms with Crippen molar-refractivity contribution in [2.45, 2.75) is 13.3 Å². The molecule has 1 heterocycles. The van der Waals surface area contributed by atoms with Gasteiger partial charge in [0.1, 0.15) is 5.51 Å². The number of anilines is 1. The maximum atomic E-state index is 11.5. The average Bonchev–Trinajstić information content (AvgIpc) is 2.84. The summed E-state index contributed by atoms with van der Waals surface area (Å²) in [5.74, 6) is 0. The third-order valence-corrected chi connectivity index (χ3v) is 3.13. The SMILES string of the molecule is Cc1ccccc1CCNC(=O)Nc1nncs1. The van der Waals surface area contributed by atoms with Crippen LogP contribution in [0.3, 0.4) is 0 Å². The van der Waals surface area contributed by atoms with Gasteiger partial charge in [0.15, 0.2) is 0 Å². The standard InChI is InChI=1S/C12H14N4OS/c1-9-4-2-3-5-10(9)6-7-13-11(17)15-12-16-14-8-18-12/h2-5,8H,6-7H2,1H3,(H2,13,15,16,17). The van der Waals surface area contributed by atoms with Gasteiger partial charge in [0.25, 0.3) is 0 Å². The summed E-state index contributed by atoms with van der Waals surface area (Å²) in [6.45, 7) is 2.66. The minimum atomic E-state index is -0.250. The van der Waals surface area contributed by atoms with Crippen LogP contribution in [0.25, 0.3) is 0 Å². The van der Waals surface area contributed by atoms with Gasteiger partial charge in [-0.1, -0.05) is 35.6 Å². The fourth-order valence-electron chi connectivity index (χ4n) is 1.57. The molecule has 5 nitrogen and oxygen atoms in total. The molecule has 6 heteroatoms. The maximum absolute atomic E-state index is 11.5. The van der Waals surface area contributed by atoms with Crippen LogP contribution in [0.2, 0.25) is 0 Å². The molecule has 0 saturated heterocycles. The summed E-state index contributed by atoms with van der Waals surface area (Å²) in [5.41, 5.74) is 4.06. The summed E-state index contributed by atoms with van der Waals surface area (Å²) in [7, 11) is 0. The van der Waals surface area contributed by atoms with Crippen LogP contribution >= 0.6 is 11.3 Å². The highest BCUT2D eigenvalue weighted by Gasteiger charge is 2.03. The number of aryl methyl sites for hydroxylation is 1. The van der Waals surface area contributed by atoms with Crippen molar-refractivity contribution in [1.82, 2.24) is 15.5 Å². The van der Waals surface area contributed by atoms with E-state index in [1.807, 2.05) is 12.1 Å². The van der Waals surface area contributed by atoms with Crippen molar-refractivity contribution < 1.29 is 4.79 Å². The van der Waals surface area contributed by atoms with E-state index in [0.29, 0.717) is 11.7 Å². The third-order valence-electron chi connectivity index (χ3n) is 2.52. The number of benzene rings is 1. The van der Waals surface area contributed by atoms with E-state index in [-0.39, 0.29) is 6.03 Å². The molecule has 0 spiro atoms. The van der Waals surface area contributed by atoms with Crippen molar-refractivity contribution in [2.24, 2.45) is 0 Å². The lowest BCUT2D eigenvalue weighted by molar-refractivity contribution is 0.252. The fourth-order valence-corrected chi connectivity index (χ4v) is 2.01. The first kappa shape index (κ1) is 12.5. The monoisotopic (exact) mass is 262 g/mol. The Kier molecular flexibility index (Phi) is 4.25. The predicted molar refractivity (Wildman–Crippen MR) is 71.8 cm³/mol. The van der Waals surface area contributed by atoms with Crippen molar-refractivity contribution >= 4 is 22.5 Å². The number of urea groups is 1. The molecule has 0 aliphatic rings. The molecule has 0 bridgehead atoms. The zero-order chi connectivity index (χ0) is 12.8. The second kappa shape index (κ2) is 6.11. The quantitative estimate of drug-likeness (QED) is 0.887. The molecule has 0 saturated carbocycles. The van der Waals surface area contributed by atoms with Gasteiger partial charge >= 0.3 is 6.03 Å². The molecule has 0 aliphatic heterocycles. The van der Waals surface area contributed by atoms with Gasteiger partial charge in [-0.3, -0.25) is 5.32 Å². The lowest BCUT2D eigenvalue weighted by Gasteiger charge is -2.07. The van der Waals surface area contributed by atoms with Gasteiger partial charge in [0.05, 0.1) is 0 Å². The Balaban J connectivity index is 1.75. The van der Waals surface area contributed by atoms with Crippen molar-refractivity contribution in [1.29, 1.82) is 0 Å². The van der Waals surface area contributed by atoms with E-state index in [1.54, 1.807) is 5.51 Å². The highest BCUT2D eigenvalue weighted by molar-refractivity contribution is 7.13. The minimum Gasteiger partial charge on any atom is -0.337 e. The summed E-state index contributed by atoms with van der Waals surface area (Å²) in [4.78, 5) is 11.5. The van der Waals surface area contributed by atoms with Crippen LogP contribution in [-0.4, -0.2) is 22.8 Å². The Morgan fingerprint density at radius 2 is 2.22 bits per heavy atom. The molecule has 2 amide bonds. The highest BCUT2D eigenvalue weighted by Crippen LogP contribution is 2.08. The van der Waals surface area contributed by atoms with Gasteiger partial charge < -0.3 is 5.32 Å². The molecular formula is C12H14N4OS. The number of rotatable bonds is 4. The Labute approximate surface area is 109 Å². The van der Waals surface area contributed by atoms with Crippen molar-refractivity contribution in [3.63, 3.8) is 0 Å². The molecule has 18 heavy (non-hydrogen) atoms. The normalized spacial score (nSPS) is 10.1. The zero-order valence-electron chi connectivity index (χ0n) is 10.0. The van der Waals surface area contributed by atoms with Crippen LogP contribution in [0.1, 0.15) is 11.1 Å². The first-order valence-corrected chi connectivity index (χ1v) is 6.49. The zero-order valence-corrected chi connectivity index (χ0v) is 10.8. The fraction of sp³-hybridized carbons (Fsp3) is 0.250. The molecule has 2 rings (SSSR count). The summed E-state index contributed by atoms with van der Waals surface area (Å²) < 4.78 is 0. The number of amides is 2. The van der Waals surface area contributed by atoms with E-state index in [2.05, 4.69) is 39.9 Å². The van der Waals surface area contributed by atoms with Crippen LogP contribution in [-0.2, 0) is 6.42 Å². The average molecular weight is 262 g/mol. The highest BCUT2D eigenvalue weighted by atomic mass is 32.1. The van der Waals surface area contributed by atoms with Crippen LogP contribution in [0.5, 0.6) is 0 Å². The molecular weight excluding hydrogens is 248 g/mol. The first-order chi connectivity index (χ1) is 8.75. The lowest BCUT2D eigenvalue weighted by Crippen LogP contribution is -2.30. The smallest absolute Gasteiger partial charge is 0.321 e. The van der Waals surface area contributed by atoms with Crippen LogP contribution < -0.4 is 10.6 Å². The van der Waals surface area contributed by atoms with E-state index in [0.717, 1.165) is 6.42 Å². The second-order valence-corrected chi connectivity index (χ2v) is 4.63. The molecule has 0 aliphatic carbocycles. The molecule has 1 aromatic heterocycles. The number of hydrogen-bond donors (Lipinski definition) is 2. The summed E-state index contributed by atoms with van der Waals surface area (Å²) >= 11 is 1.29. The number of carbonyl (C=O) groups excluding carboxylic acids is 1. The van der Waals surface area contributed by atoms with Gasteiger partial charge in [-0.2, -0.15) is 0 Å². The lowest BCUT2D eigenvalue weighted by atomic mass is 10.1. The predicted octanol–water partition coefficient (Wildman–Crippen LogP) is 2.21. The molecule has 0 atom stereocenters. The number of hydrogen-bond acceptors (Lipinski definition) is 4. The number of carbonyl (C=O) groups is 1. The number of nitrogens with one attached hydrogen (secondary N) is 2. The third kappa shape index (κ3) is 3.53. The largest absolute Gasteiger partial charge is 0.337 e. The maximum Gasteiger partial charge on any atom is 0.321 e. The second-order valence-electron chi connectivity index (χ2n) is 3.80. The van der Waals surface area contributed by atoms with Gasteiger partial charge in [0, 0.05) is 6.54 Å². The molecule has 1 aromatic carbocycles. The van der Waals surface area contributed by atoms with E-state index < -0.39 is 0 Å². The van der Waals surface area contributed by atoms with Crippen molar-refractivity contribution in [3.8, 4) is 0 Å². The Morgan fingerprint density at radius 3 is 2.94 bits per heavy atom. The molecule has 0 unspecified atom stereocenters. The van der Waals surface area contributed by atoms with Crippen molar-refractivity contribution in [2.75, 3.05) is 11.9 Å². The topological polar surface area (TPSA) is 66.9 Å². The van der Waals surface area contributed by atoms with E-state index in [4.69, 9.17) is 0 Å². The first-order valence-electron chi connectivity index (χ1n) is 5.61. The van der Waals surface area contributed by atoms with Gasteiger partial charge in [-0.25, -0.2) is 4.79 Å². The van der Waals surface area contributed by atoms with Crippen LogP contribution in [0.4, 0.5) is 9.93 Å². The molecule has 0 fully saturated rings. The van der Waals surface area contributed by atoms with E-state index in [9.17, 15) is 4.79 Å². The van der Waals surface area contributed by atoms with Crippen LogP contribution in [0, 0.1) is 6.92 Å². The molecule has 94 valence electrons. The molecule has 2 N–H and O–H groups in total. The Hall–Kier alpha value is -1.95. The van der Waals surface area contributed by atoms with Crippen LogP contribution in [0.15, 0.2) is 29.8 Å². The van der Waals surface area contributed by atoms with Crippen molar-refractivity contribution in [3.05, 3.63) is 40.9 Å². The Bertz CT molecular complexity index is 513. The molecule has 0 radical (unpaired) electrons. The summed E-state index contributed by atoms with van der Waals surface area (Å²) in [6.07, 6.45) is 0.816. The summed E-state index contributed by atoms with van der Waals surface area (Å²) in [5, 5.41) is 13.3. The number of nitrogens with zero attached hydrogens (tertiary/aromatic N) is 2. The van der Waals surface area contributed by atoms with Gasteiger partial charge in [-0.15, -0.1) is 10.2 Å². The molecule has 2 aromatic rings.